The van der Waals surface area contributed by atoms with Gasteiger partial charge in [0.1, 0.15) is 11.0 Å². The molecule has 0 saturated carbocycles. The minimum absolute atomic E-state index is 0.178. The molecule has 0 bridgehead atoms. The molecule has 5 nitrogen and oxygen atoms in total. The molecule has 0 aliphatic rings. The summed E-state index contributed by atoms with van der Waals surface area (Å²) >= 11 is 0. The number of carbonyl (C=O) groups is 1. The number of carboxylic acids is 1. The van der Waals surface area contributed by atoms with E-state index in [2.05, 4.69) is 0 Å². The average molecular weight is 232 g/mol. The normalized spacial score (nSPS) is 13.7. The number of sulfone groups is 1. The van der Waals surface area contributed by atoms with Gasteiger partial charge in [-0.2, -0.15) is 0 Å². The predicted molar refractivity (Wildman–Crippen MR) is 53.5 cm³/mol. The Labute approximate surface area is 87.6 Å². The van der Waals surface area contributed by atoms with Gasteiger partial charge in [-0.15, -0.1) is 0 Å². The average Bonchev–Trinajstić information content (AvgIpc) is 2.51. The van der Waals surface area contributed by atoms with Crippen molar-refractivity contribution in [1.82, 2.24) is 0 Å². The van der Waals surface area contributed by atoms with Crippen molar-refractivity contribution in [2.24, 2.45) is 0 Å². The van der Waals surface area contributed by atoms with Crippen molar-refractivity contribution in [1.29, 1.82) is 0 Å². The number of hydrogen-bond donors (Lipinski definition) is 1. The number of carboxylic acid groups (broad SMARTS) is 1. The van der Waals surface area contributed by atoms with Gasteiger partial charge < -0.3 is 9.52 Å². The van der Waals surface area contributed by atoms with E-state index in [1.165, 1.54) is 12.1 Å². The molecule has 0 spiro atoms. The van der Waals surface area contributed by atoms with Gasteiger partial charge in [0.25, 0.3) is 0 Å². The highest BCUT2D eigenvalue weighted by molar-refractivity contribution is 7.90. The van der Waals surface area contributed by atoms with E-state index in [0.29, 0.717) is 6.42 Å². The predicted octanol–water partition coefficient (Wildman–Crippen LogP) is 1.47. The topological polar surface area (TPSA) is 84.6 Å². The van der Waals surface area contributed by atoms with Crippen LogP contribution in [0.4, 0.5) is 0 Å². The molecular weight excluding hydrogens is 220 g/mol. The Balaban J connectivity index is 3.09. The number of hydrogen-bond acceptors (Lipinski definition) is 4. The van der Waals surface area contributed by atoms with Crippen LogP contribution in [0.5, 0.6) is 0 Å². The molecule has 84 valence electrons. The van der Waals surface area contributed by atoms with Crippen LogP contribution in [-0.4, -0.2) is 25.7 Å². The lowest BCUT2D eigenvalue weighted by atomic mass is 10.3. The molecule has 0 amide bonds. The Morgan fingerprint density at radius 2 is 2.13 bits per heavy atom. The van der Waals surface area contributed by atoms with Gasteiger partial charge in [0.2, 0.25) is 5.76 Å². The maximum absolute atomic E-state index is 11.3. The molecule has 15 heavy (non-hydrogen) atoms. The van der Waals surface area contributed by atoms with Crippen LogP contribution >= 0.6 is 0 Å². The fourth-order valence-corrected chi connectivity index (χ4v) is 2.51. The third-order valence-electron chi connectivity index (χ3n) is 2.04. The summed E-state index contributed by atoms with van der Waals surface area (Å²) in [6.45, 7) is 1.70. The standard InChI is InChI=1S/C9H12O5S/c1-3-8(15(2,12)13)6-4-5-7(14-6)9(10)11/h4-5,8H,3H2,1-2H3,(H,10,11)/t8-/m1/s1. The summed E-state index contributed by atoms with van der Waals surface area (Å²) in [7, 11) is -3.27. The quantitative estimate of drug-likeness (QED) is 0.849. The third kappa shape index (κ3) is 2.59. The summed E-state index contributed by atoms with van der Waals surface area (Å²) in [5, 5.41) is 7.84. The SMILES string of the molecule is CC[C@H](c1ccc(C(=O)O)o1)S(C)(=O)=O. The van der Waals surface area contributed by atoms with Gasteiger partial charge in [0.15, 0.2) is 9.84 Å². The first-order valence-corrected chi connectivity index (χ1v) is 6.33. The summed E-state index contributed by atoms with van der Waals surface area (Å²) in [6, 6.07) is 2.64. The largest absolute Gasteiger partial charge is 0.475 e. The molecule has 1 N–H and O–H groups in total. The maximum Gasteiger partial charge on any atom is 0.371 e. The summed E-state index contributed by atoms with van der Waals surface area (Å²) in [6.07, 6.45) is 1.45. The lowest BCUT2D eigenvalue weighted by Gasteiger charge is -2.08. The van der Waals surface area contributed by atoms with Crippen molar-refractivity contribution in [2.75, 3.05) is 6.26 Å². The molecule has 0 fully saturated rings. The highest BCUT2D eigenvalue weighted by Crippen LogP contribution is 2.26. The minimum atomic E-state index is -3.27. The van der Waals surface area contributed by atoms with Crippen molar-refractivity contribution in [2.45, 2.75) is 18.6 Å². The zero-order valence-corrected chi connectivity index (χ0v) is 9.24. The smallest absolute Gasteiger partial charge is 0.371 e. The van der Waals surface area contributed by atoms with Gasteiger partial charge in [0.05, 0.1) is 0 Å². The fraction of sp³-hybridized carbons (Fsp3) is 0.444. The molecule has 1 aromatic heterocycles. The van der Waals surface area contributed by atoms with E-state index in [4.69, 9.17) is 9.52 Å². The van der Waals surface area contributed by atoms with E-state index in [-0.39, 0.29) is 11.5 Å². The van der Waals surface area contributed by atoms with Crippen molar-refractivity contribution in [3.05, 3.63) is 23.7 Å². The first kappa shape index (κ1) is 11.8. The maximum atomic E-state index is 11.3. The van der Waals surface area contributed by atoms with Crippen LogP contribution in [0.1, 0.15) is 34.9 Å². The van der Waals surface area contributed by atoms with Gasteiger partial charge in [-0.25, -0.2) is 13.2 Å². The first-order chi connectivity index (χ1) is 6.86. The minimum Gasteiger partial charge on any atom is -0.475 e. The lowest BCUT2D eigenvalue weighted by molar-refractivity contribution is 0.0660. The summed E-state index contributed by atoms with van der Waals surface area (Å²) in [5.41, 5.74) is 0. The molecule has 6 heteroatoms. The summed E-state index contributed by atoms with van der Waals surface area (Å²) in [4.78, 5) is 10.5. The number of rotatable bonds is 4. The Morgan fingerprint density at radius 3 is 2.47 bits per heavy atom. The Bertz CT molecular complexity index is 457. The highest BCUT2D eigenvalue weighted by atomic mass is 32.2. The van der Waals surface area contributed by atoms with E-state index >= 15 is 0 Å². The molecule has 0 unspecified atom stereocenters. The molecular formula is C9H12O5S. The number of aromatic carboxylic acids is 1. The van der Waals surface area contributed by atoms with Gasteiger partial charge in [-0.3, -0.25) is 0 Å². The van der Waals surface area contributed by atoms with E-state index in [1.807, 2.05) is 0 Å². The van der Waals surface area contributed by atoms with Gasteiger partial charge in [0, 0.05) is 6.26 Å². The highest BCUT2D eigenvalue weighted by Gasteiger charge is 2.25. The van der Waals surface area contributed by atoms with Crippen LogP contribution in [0.3, 0.4) is 0 Å². The molecule has 0 aliphatic heterocycles. The Morgan fingerprint density at radius 1 is 1.53 bits per heavy atom. The zero-order valence-electron chi connectivity index (χ0n) is 8.43. The summed E-state index contributed by atoms with van der Waals surface area (Å²) < 4.78 is 27.6. The fourth-order valence-electron chi connectivity index (χ4n) is 1.36. The Kier molecular flexibility index (Phi) is 3.18. The van der Waals surface area contributed by atoms with Crippen LogP contribution in [0, 0.1) is 0 Å². The zero-order chi connectivity index (χ0) is 11.6. The molecule has 0 aromatic carbocycles. The monoisotopic (exact) mass is 232 g/mol. The second kappa shape index (κ2) is 4.06. The first-order valence-electron chi connectivity index (χ1n) is 4.38. The molecule has 0 aliphatic carbocycles. The Hall–Kier alpha value is -1.30. The van der Waals surface area contributed by atoms with Gasteiger partial charge in [-0.1, -0.05) is 6.92 Å². The van der Waals surface area contributed by atoms with E-state index < -0.39 is 21.1 Å². The van der Waals surface area contributed by atoms with Crippen LogP contribution in [0.25, 0.3) is 0 Å². The van der Waals surface area contributed by atoms with Crippen molar-refractivity contribution < 1.29 is 22.7 Å². The second-order valence-corrected chi connectivity index (χ2v) is 5.46. The molecule has 1 atom stereocenters. The molecule has 1 rings (SSSR count). The molecule has 0 saturated heterocycles. The third-order valence-corrected chi connectivity index (χ3v) is 3.64. The summed E-state index contributed by atoms with van der Waals surface area (Å²) in [5.74, 6) is -1.27. The van der Waals surface area contributed by atoms with Crippen LogP contribution in [0.15, 0.2) is 16.5 Å². The van der Waals surface area contributed by atoms with Crippen LogP contribution in [0.2, 0.25) is 0 Å². The van der Waals surface area contributed by atoms with Crippen molar-refractivity contribution in [3.63, 3.8) is 0 Å². The molecule has 1 aromatic rings. The van der Waals surface area contributed by atoms with Gasteiger partial charge in [-0.05, 0) is 18.6 Å². The van der Waals surface area contributed by atoms with E-state index in [9.17, 15) is 13.2 Å². The second-order valence-electron chi connectivity index (χ2n) is 3.23. The van der Waals surface area contributed by atoms with Crippen molar-refractivity contribution in [3.8, 4) is 0 Å². The van der Waals surface area contributed by atoms with Crippen LogP contribution < -0.4 is 0 Å². The van der Waals surface area contributed by atoms with E-state index in [1.54, 1.807) is 6.92 Å². The van der Waals surface area contributed by atoms with Crippen molar-refractivity contribution >= 4 is 15.8 Å². The van der Waals surface area contributed by atoms with E-state index in [0.717, 1.165) is 6.26 Å². The van der Waals surface area contributed by atoms with Gasteiger partial charge >= 0.3 is 5.97 Å². The number of furan rings is 1. The molecule has 0 radical (unpaired) electrons. The van der Waals surface area contributed by atoms with Crippen LogP contribution in [-0.2, 0) is 9.84 Å². The lowest BCUT2D eigenvalue weighted by Crippen LogP contribution is -2.09. The molecule has 1 heterocycles.